The topological polar surface area (TPSA) is 91.9 Å². The molecule has 3 rings (SSSR count). The normalized spacial score (nSPS) is 14.1. The molecular formula is C17H17N5O2. The highest BCUT2D eigenvalue weighted by molar-refractivity contribution is 5.97. The van der Waals surface area contributed by atoms with Crippen molar-refractivity contribution >= 4 is 5.91 Å². The Balaban J connectivity index is 1.61. The van der Waals surface area contributed by atoms with Crippen molar-refractivity contribution in [2.75, 3.05) is 6.54 Å². The molecule has 1 aliphatic heterocycles. The van der Waals surface area contributed by atoms with Gasteiger partial charge < -0.3 is 15.0 Å². The van der Waals surface area contributed by atoms with E-state index in [-0.39, 0.29) is 17.2 Å². The number of benzene rings is 1. The standard InChI is InChI=1S/C17H17N5O2/c1-2-3-6-17(20-21-17)7-8-19-16(24)14-11-13(4-5-15(14)23)22-10-9-18-12-22/h1,4-5,9-12,23H,3,6-8H2,(H,19,24). The van der Waals surface area contributed by atoms with Gasteiger partial charge in [0.2, 0.25) is 0 Å². The molecule has 1 aromatic carbocycles. The summed E-state index contributed by atoms with van der Waals surface area (Å²) in [4.78, 5) is 16.3. The number of carbonyl (C=O) groups excluding carboxylic acids is 1. The van der Waals surface area contributed by atoms with Crippen LogP contribution in [0.2, 0.25) is 0 Å². The van der Waals surface area contributed by atoms with Gasteiger partial charge in [-0.15, -0.1) is 12.3 Å². The Kier molecular flexibility index (Phi) is 4.29. The van der Waals surface area contributed by atoms with Crippen molar-refractivity contribution in [3.63, 3.8) is 0 Å². The van der Waals surface area contributed by atoms with Gasteiger partial charge in [-0.25, -0.2) is 4.98 Å². The van der Waals surface area contributed by atoms with Crippen LogP contribution in [0.3, 0.4) is 0 Å². The Morgan fingerprint density at radius 1 is 1.38 bits per heavy atom. The molecule has 0 aliphatic carbocycles. The minimum absolute atomic E-state index is 0.0702. The van der Waals surface area contributed by atoms with Crippen LogP contribution in [-0.4, -0.2) is 32.8 Å². The molecule has 0 saturated carbocycles. The molecule has 0 fully saturated rings. The van der Waals surface area contributed by atoms with Crippen molar-refractivity contribution in [2.24, 2.45) is 10.2 Å². The van der Waals surface area contributed by atoms with Crippen LogP contribution in [0.4, 0.5) is 0 Å². The highest BCUT2D eigenvalue weighted by Crippen LogP contribution is 2.36. The van der Waals surface area contributed by atoms with E-state index in [1.807, 2.05) is 0 Å². The molecule has 0 saturated heterocycles. The Labute approximate surface area is 139 Å². The zero-order chi connectivity index (χ0) is 17.0. The molecule has 0 atom stereocenters. The van der Waals surface area contributed by atoms with Crippen LogP contribution in [0.25, 0.3) is 5.69 Å². The number of phenols is 1. The second-order valence-corrected chi connectivity index (χ2v) is 5.56. The molecular weight excluding hydrogens is 306 g/mol. The monoisotopic (exact) mass is 323 g/mol. The van der Waals surface area contributed by atoms with Crippen LogP contribution in [0.15, 0.2) is 47.1 Å². The molecule has 122 valence electrons. The SMILES string of the molecule is C#CCCC1(CCNC(=O)c2cc(-n3ccnc3)ccc2O)N=N1. The predicted octanol–water partition coefficient (Wildman–Crippen LogP) is 2.27. The fraction of sp³-hybridized carbons (Fsp3) is 0.294. The van der Waals surface area contributed by atoms with Crippen molar-refractivity contribution in [3.05, 3.63) is 42.5 Å². The van der Waals surface area contributed by atoms with Crippen molar-refractivity contribution < 1.29 is 9.90 Å². The number of aromatic hydroxyl groups is 1. The minimum atomic E-state index is -0.430. The molecule has 7 heteroatoms. The van der Waals surface area contributed by atoms with Gasteiger partial charge in [0.25, 0.3) is 5.91 Å². The highest BCUT2D eigenvalue weighted by Gasteiger charge is 2.38. The van der Waals surface area contributed by atoms with Crippen LogP contribution in [0.5, 0.6) is 5.75 Å². The third kappa shape index (κ3) is 3.43. The first-order chi connectivity index (χ1) is 11.6. The number of nitrogens with zero attached hydrogens (tertiary/aromatic N) is 4. The summed E-state index contributed by atoms with van der Waals surface area (Å²) in [6, 6.07) is 4.82. The van der Waals surface area contributed by atoms with Crippen molar-refractivity contribution in [2.45, 2.75) is 24.9 Å². The average molecular weight is 323 g/mol. The highest BCUT2D eigenvalue weighted by atomic mass is 16.3. The Bertz CT molecular complexity index is 799. The third-order valence-corrected chi connectivity index (χ3v) is 3.89. The minimum Gasteiger partial charge on any atom is -0.507 e. The van der Waals surface area contributed by atoms with Crippen molar-refractivity contribution in [1.82, 2.24) is 14.9 Å². The largest absolute Gasteiger partial charge is 0.507 e. The quantitative estimate of drug-likeness (QED) is 0.766. The summed E-state index contributed by atoms with van der Waals surface area (Å²) >= 11 is 0. The van der Waals surface area contributed by atoms with Crippen LogP contribution in [0.1, 0.15) is 29.6 Å². The Morgan fingerprint density at radius 2 is 2.21 bits per heavy atom. The first kappa shape index (κ1) is 15.7. The van der Waals surface area contributed by atoms with E-state index >= 15 is 0 Å². The number of terminal acetylenes is 1. The maximum atomic E-state index is 12.3. The summed E-state index contributed by atoms with van der Waals surface area (Å²) in [6.45, 7) is 0.408. The summed E-state index contributed by atoms with van der Waals surface area (Å²) in [5.74, 6) is 2.15. The zero-order valence-corrected chi connectivity index (χ0v) is 13.0. The van der Waals surface area contributed by atoms with E-state index in [2.05, 4.69) is 26.4 Å². The van der Waals surface area contributed by atoms with Crippen LogP contribution in [-0.2, 0) is 0 Å². The molecule has 0 bridgehead atoms. The molecule has 1 aliphatic rings. The number of phenolic OH excluding ortho intramolecular Hbond substituents is 1. The van der Waals surface area contributed by atoms with Gasteiger partial charge in [-0.2, -0.15) is 10.2 Å². The number of amides is 1. The molecule has 0 unspecified atom stereocenters. The summed E-state index contributed by atoms with van der Waals surface area (Å²) in [5, 5.41) is 20.8. The van der Waals surface area contributed by atoms with Crippen LogP contribution < -0.4 is 5.32 Å². The van der Waals surface area contributed by atoms with Gasteiger partial charge in [-0.05, 0) is 18.2 Å². The fourth-order valence-corrected chi connectivity index (χ4v) is 2.42. The smallest absolute Gasteiger partial charge is 0.255 e. The van der Waals surface area contributed by atoms with E-state index in [4.69, 9.17) is 6.42 Å². The first-order valence-electron chi connectivity index (χ1n) is 7.61. The molecule has 1 aromatic heterocycles. The average Bonchev–Trinajstić information content (AvgIpc) is 3.13. The van der Waals surface area contributed by atoms with E-state index in [0.717, 1.165) is 5.69 Å². The van der Waals surface area contributed by atoms with E-state index in [1.54, 1.807) is 35.4 Å². The zero-order valence-electron chi connectivity index (χ0n) is 13.0. The number of hydrogen-bond donors (Lipinski definition) is 2. The molecule has 0 radical (unpaired) electrons. The maximum absolute atomic E-state index is 12.3. The lowest BCUT2D eigenvalue weighted by Crippen LogP contribution is -2.28. The third-order valence-electron chi connectivity index (χ3n) is 3.89. The number of imidazole rings is 1. The summed E-state index contributed by atoms with van der Waals surface area (Å²) in [7, 11) is 0. The fourth-order valence-electron chi connectivity index (χ4n) is 2.42. The summed E-state index contributed by atoms with van der Waals surface area (Å²) in [6.07, 6.45) is 12.2. The Hall–Kier alpha value is -3.14. The number of hydrogen-bond acceptors (Lipinski definition) is 5. The van der Waals surface area contributed by atoms with Crippen molar-refractivity contribution in [1.29, 1.82) is 0 Å². The second-order valence-electron chi connectivity index (χ2n) is 5.56. The molecule has 1 amide bonds. The van der Waals surface area contributed by atoms with E-state index in [9.17, 15) is 9.90 Å². The van der Waals surface area contributed by atoms with E-state index in [1.165, 1.54) is 6.07 Å². The number of carbonyl (C=O) groups is 1. The van der Waals surface area contributed by atoms with Gasteiger partial charge in [0.05, 0.1) is 11.9 Å². The molecule has 7 nitrogen and oxygen atoms in total. The van der Waals surface area contributed by atoms with Gasteiger partial charge in [-0.1, -0.05) is 0 Å². The lowest BCUT2D eigenvalue weighted by atomic mass is 10.0. The summed E-state index contributed by atoms with van der Waals surface area (Å²) in [5.41, 5.74) is 0.525. The van der Waals surface area contributed by atoms with Gasteiger partial charge >= 0.3 is 0 Å². The van der Waals surface area contributed by atoms with Gasteiger partial charge in [-0.3, -0.25) is 4.79 Å². The summed E-state index contributed by atoms with van der Waals surface area (Å²) < 4.78 is 1.76. The lowest BCUT2D eigenvalue weighted by molar-refractivity contribution is 0.0949. The maximum Gasteiger partial charge on any atom is 0.255 e. The molecule has 2 heterocycles. The molecule has 0 spiro atoms. The molecule has 24 heavy (non-hydrogen) atoms. The van der Waals surface area contributed by atoms with Crippen LogP contribution in [0, 0.1) is 12.3 Å². The number of aromatic nitrogens is 2. The second kappa shape index (κ2) is 6.54. The van der Waals surface area contributed by atoms with E-state index in [0.29, 0.717) is 25.8 Å². The van der Waals surface area contributed by atoms with Gasteiger partial charge in [0.1, 0.15) is 5.75 Å². The van der Waals surface area contributed by atoms with Crippen LogP contribution >= 0.6 is 0 Å². The van der Waals surface area contributed by atoms with Gasteiger partial charge in [0.15, 0.2) is 5.66 Å². The molecule has 2 aromatic rings. The van der Waals surface area contributed by atoms with E-state index < -0.39 is 5.66 Å². The number of nitrogens with one attached hydrogen (secondary N) is 1. The predicted molar refractivity (Wildman–Crippen MR) is 87.8 cm³/mol. The Morgan fingerprint density at radius 3 is 2.88 bits per heavy atom. The van der Waals surface area contributed by atoms with Gasteiger partial charge in [0, 0.05) is 43.9 Å². The number of rotatable bonds is 7. The van der Waals surface area contributed by atoms with Crippen molar-refractivity contribution in [3.8, 4) is 23.8 Å². The first-order valence-corrected chi connectivity index (χ1v) is 7.61. The molecule has 2 N–H and O–H groups in total. The lowest BCUT2D eigenvalue weighted by Gasteiger charge is -2.11.